The van der Waals surface area contributed by atoms with E-state index in [4.69, 9.17) is 33.7 Å². The number of methoxy groups -OCH3 is 1. The number of halogens is 2. The monoisotopic (exact) mass is 352 g/mol. The third kappa shape index (κ3) is 3.12. The van der Waals surface area contributed by atoms with Gasteiger partial charge in [-0.2, -0.15) is 0 Å². The van der Waals surface area contributed by atoms with Gasteiger partial charge in [0.05, 0.1) is 22.8 Å². The maximum absolute atomic E-state index is 12.2. The van der Waals surface area contributed by atoms with E-state index in [2.05, 4.69) is 4.72 Å². The number of ether oxygens (including phenoxy) is 1. The Morgan fingerprint density at radius 2 is 2.00 bits per heavy atom. The van der Waals surface area contributed by atoms with E-state index in [1.54, 1.807) is 6.07 Å². The molecule has 5 nitrogen and oxygen atoms in total. The minimum atomic E-state index is -3.84. The van der Waals surface area contributed by atoms with Crippen molar-refractivity contribution in [2.45, 2.75) is 4.90 Å². The van der Waals surface area contributed by atoms with Crippen molar-refractivity contribution >= 4 is 55.9 Å². The van der Waals surface area contributed by atoms with Gasteiger partial charge in [0.15, 0.2) is 0 Å². The Morgan fingerprint density at radius 1 is 1.30 bits per heavy atom. The number of hydrogen-bond acceptors (Lipinski definition) is 5. The van der Waals surface area contributed by atoms with Crippen molar-refractivity contribution in [3.05, 3.63) is 32.9 Å². The first kappa shape index (κ1) is 15.2. The highest BCUT2D eigenvalue weighted by atomic mass is 35.5. The second-order valence-corrected chi connectivity index (χ2v) is 7.68. The molecular weight excluding hydrogens is 343 g/mol. The lowest BCUT2D eigenvalue weighted by atomic mass is 10.2. The predicted molar refractivity (Wildman–Crippen MR) is 82.6 cm³/mol. The van der Waals surface area contributed by atoms with Crippen molar-refractivity contribution in [2.24, 2.45) is 0 Å². The minimum absolute atomic E-state index is 0.0793. The molecular formula is C11H10Cl2N2O3S2. The molecule has 108 valence electrons. The second-order valence-electron chi connectivity index (χ2n) is 3.75. The van der Waals surface area contributed by atoms with Crippen molar-refractivity contribution in [3.8, 4) is 5.75 Å². The fraction of sp³-hybridized carbons (Fsp3) is 0.0909. The van der Waals surface area contributed by atoms with Gasteiger partial charge >= 0.3 is 0 Å². The standard InChI is InChI=1S/C11H10Cl2N2O3S2/c1-18-6-2-3-8(7(14)4-6)15-20(16,17)9-5-10(12)19-11(9)13/h2-5,15H,14H2,1H3. The summed E-state index contributed by atoms with van der Waals surface area (Å²) in [5, 5.41) is 0. The first-order chi connectivity index (χ1) is 9.33. The summed E-state index contributed by atoms with van der Waals surface area (Å²) in [6.07, 6.45) is 0. The smallest absolute Gasteiger partial charge is 0.264 e. The van der Waals surface area contributed by atoms with Crippen LogP contribution in [0.3, 0.4) is 0 Å². The average Bonchev–Trinajstić information content (AvgIpc) is 2.71. The fourth-order valence-corrected chi connectivity index (χ4v) is 4.71. The molecule has 2 aromatic rings. The molecule has 0 radical (unpaired) electrons. The van der Waals surface area contributed by atoms with E-state index in [9.17, 15) is 8.42 Å². The van der Waals surface area contributed by atoms with Gasteiger partial charge in [0.1, 0.15) is 15.0 Å². The van der Waals surface area contributed by atoms with Gasteiger partial charge in [-0.3, -0.25) is 4.72 Å². The highest BCUT2D eigenvalue weighted by Crippen LogP contribution is 2.36. The quantitative estimate of drug-likeness (QED) is 0.825. The summed E-state index contributed by atoms with van der Waals surface area (Å²) in [6.45, 7) is 0. The number of nitrogens with one attached hydrogen (secondary N) is 1. The molecule has 1 aromatic heterocycles. The molecule has 0 bridgehead atoms. The largest absolute Gasteiger partial charge is 0.497 e. The zero-order valence-electron chi connectivity index (χ0n) is 10.2. The summed E-state index contributed by atoms with van der Waals surface area (Å²) in [4.78, 5) is -0.0793. The fourth-order valence-electron chi connectivity index (χ4n) is 1.47. The molecule has 3 N–H and O–H groups in total. The Kier molecular flexibility index (Phi) is 4.33. The summed E-state index contributed by atoms with van der Waals surface area (Å²) in [5.41, 5.74) is 6.24. The van der Waals surface area contributed by atoms with Gasteiger partial charge in [-0.15, -0.1) is 11.3 Å². The van der Waals surface area contributed by atoms with Crippen molar-refractivity contribution < 1.29 is 13.2 Å². The highest BCUT2D eigenvalue weighted by molar-refractivity contribution is 7.93. The number of hydrogen-bond donors (Lipinski definition) is 2. The Labute approximate surface area is 130 Å². The lowest BCUT2D eigenvalue weighted by Gasteiger charge is -2.10. The predicted octanol–water partition coefficient (Wildman–Crippen LogP) is 3.45. The zero-order valence-corrected chi connectivity index (χ0v) is 13.3. The Morgan fingerprint density at radius 3 is 2.50 bits per heavy atom. The number of anilines is 2. The van der Waals surface area contributed by atoms with Crippen LogP contribution in [0.25, 0.3) is 0 Å². The van der Waals surface area contributed by atoms with E-state index in [0.717, 1.165) is 11.3 Å². The maximum atomic E-state index is 12.2. The highest BCUT2D eigenvalue weighted by Gasteiger charge is 2.22. The van der Waals surface area contributed by atoms with Gasteiger partial charge in [0.25, 0.3) is 10.0 Å². The number of sulfonamides is 1. The molecule has 1 aromatic carbocycles. The first-order valence-corrected chi connectivity index (χ1v) is 8.30. The van der Waals surface area contributed by atoms with E-state index >= 15 is 0 Å². The Balaban J connectivity index is 2.36. The SMILES string of the molecule is COc1ccc(NS(=O)(=O)c2cc(Cl)sc2Cl)c(N)c1. The Bertz CT molecular complexity index is 744. The van der Waals surface area contributed by atoms with Crippen molar-refractivity contribution in [1.29, 1.82) is 0 Å². The summed E-state index contributed by atoms with van der Waals surface area (Å²) < 4.78 is 32.2. The summed E-state index contributed by atoms with van der Waals surface area (Å²) in [6, 6.07) is 5.90. The first-order valence-electron chi connectivity index (χ1n) is 5.24. The molecule has 0 unspecified atom stereocenters. The van der Waals surface area contributed by atoms with Crippen LogP contribution in [-0.4, -0.2) is 15.5 Å². The normalized spacial score (nSPS) is 11.3. The Hall–Kier alpha value is -1.15. The minimum Gasteiger partial charge on any atom is -0.497 e. The van der Waals surface area contributed by atoms with Gasteiger partial charge < -0.3 is 10.5 Å². The van der Waals surface area contributed by atoms with Crippen LogP contribution in [-0.2, 0) is 10.0 Å². The molecule has 1 heterocycles. The summed E-state index contributed by atoms with van der Waals surface area (Å²) in [5.74, 6) is 0.530. The lowest BCUT2D eigenvalue weighted by Crippen LogP contribution is -2.13. The molecule has 20 heavy (non-hydrogen) atoms. The molecule has 2 rings (SSSR count). The molecule has 0 saturated heterocycles. The molecule has 0 spiro atoms. The molecule has 0 fully saturated rings. The van der Waals surface area contributed by atoms with E-state index in [1.807, 2.05) is 0 Å². The lowest BCUT2D eigenvalue weighted by molar-refractivity contribution is 0.415. The number of benzene rings is 1. The maximum Gasteiger partial charge on any atom is 0.264 e. The second kappa shape index (κ2) is 5.69. The molecule has 0 atom stereocenters. The van der Waals surface area contributed by atoms with Gasteiger partial charge in [0.2, 0.25) is 0 Å². The van der Waals surface area contributed by atoms with Crippen LogP contribution in [0, 0.1) is 0 Å². The van der Waals surface area contributed by atoms with Gasteiger partial charge in [-0.1, -0.05) is 23.2 Å². The van der Waals surface area contributed by atoms with Crippen LogP contribution in [0.1, 0.15) is 0 Å². The number of rotatable bonds is 4. The van der Waals surface area contributed by atoms with Crippen LogP contribution >= 0.6 is 34.5 Å². The van der Waals surface area contributed by atoms with Crippen molar-refractivity contribution in [1.82, 2.24) is 0 Å². The number of nitrogen functional groups attached to an aromatic ring is 1. The molecule has 0 aliphatic heterocycles. The molecule has 0 saturated carbocycles. The van der Waals surface area contributed by atoms with E-state index in [1.165, 1.54) is 25.3 Å². The van der Waals surface area contributed by atoms with Crippen LogP contribution in [0.2, 0.25) is 8.67 Å². The van der Waals surface area contributed by atoms with Gasteiger partial charge in [0, 0.05) is 6.07 Å². The van der Waals surface area contributed by atoms with Crippen LogP contribution in [0.5, 0.6) is 5.75 Å². The third-order valence-corrected chi connectivity index (χ3v) is 5.54. The van der Waals surface area contributed by atoms with Gasteiger partial charge in [-0.25, -0.2) is 8.42 Å². The third-order valence-electron chi connectivity index (χ3n) is 2.42. The molecule has 0 aliphatic carbocycles. The molecule has 0 amide bonds. The molecule has 0 aliphatic rings. The van der Waals surface area contributed by atoms with Crippen molar-refractivity contribution in [3.63, 3.8) is 0 Å². The molecule has 9 heteroatoms. The topological polar surface area (TPSA) is 81.4 Å². The summed E-state index contributed by atoms with van der Waals surface area (Å²) in [7, 11) is -2.35. The van der Waals surface area contributed by atoms with Crippen LogP contribution in [0.4, 0.5) is 11.4 Å². The van der Waals surface area contributed by atoms with Crippen LogP contribution < -0.4 is 15.2 Å². The zero-order chi connectivity index (χ0) is 14.9. The van der Waals surface area contributed by atoms with E-state index < -0.39 is 10.0 Å². The van der Waals surface area contributed by atoms with E-state index in [-0.39, 0.29) is 24.9 Å². The van der Waals surface area contributed by atoms with Crippen LogP contribution in [0.15, 0.2) is 29.2 Å². The number of nitrogens with two attached hydrogens (primary N) is 1. The summed E-state index contributed by atoms with van der Waals surface area (Å²) >= 11 is 12.6. The van der Waals surface area contributed by atoms with Crippen molar-refractivity contribution in [2.75, 3.05) is 17.6 Å². The average molecular weight is 353 g/mol. The van der Waals surface area contributed by atoms with Gasteiger partial charge in [-0.05, 0) is 18.2 Å². The van der Waals surface area contributed by atoms with E-state index in [0.29, 0.717) is 5.75 Å². The number of thiophene rings is 1.